The minimum Gasteiger partial charge on any atom is -0.237 e. The molecule has 102 valence electrons. The normalized spacial score (nSPS) is 11.3. The van der Waals surface area contributed by atoms with Gasteiger partial charge in [-0.15, -0.1) is 11.6 Å². The summed E-state index contributed by atoms with van der Waals surface area (Å²) in [6.07, 6.45) is 2.62. The van der Waals surface area contributed by atoms with Crippen molar-refractivity contribution < 1.29 is 0 Å². The van der Waals surface area contributed by atoms with Gasteiger partial charge in [0.25, 0.3) is 0 Å². The van der Waals surface area contributed by atoms with Crippen molar-refractivity contribution >= 4 is 23.2 Å². The van der Waals surface area contributed by atoms with Crippen LogP contribution in [0.2, 0.25) is 5.15 Å². The van der Waals surface area contributed by atoms with E-state index in [2.05, 4.69) is 23.9 Å². The lowest BCUT2D eigenvalue weighted by atomic mass is 10.1. The monoisotopic (exact) mass is 297 g/mol. The Morgan fingerprint density at radius 2 is 2.11 bits per heavy atom. The molecule has 3 nitrogen and oxygen atoms in total. The number of alkyl halides is 1. The Kier molecular flexibility index (Phi) is 4.48. The zero-order chi connectivity index (χ0) is 14.0. The highest BCUT2D eigenvalue weighted by Gasteiger charge is 2.18. The zero-order valence-corrected chi connectivity index (χ0v) is 12.8. The smallest absolute Gasteiger partial charge is 0.155 e. The lowest BCUT2D eigenvalue weighted by molar-refractivity contribution is 0.625. The lowest BCUT2D eigenvalue weighted by Crippen LogP contribution is -2.02. The van der Waals surface area contributed by atoms with Crippen molar-refractivity contribution in [2.24, 2.45) is 5.92 Å². The number of hydrogen-bond donors (Lipinski definition) is 0. The molecule has 0 saturated carbocycles. The van der Waals surface area contributed by atoms with Gasteiger partial charge in [0.05, 0.1) is 11.6 Å². The lowest BCUT2D eigenvalue weighted by Gasteiger charge is -2.03. The second kappa shape index (κ2) is 5.93. The Hall–Kier alpha value is -1.06. The van der Waals surface area contributed by atoms with Gasteiger partial charge in [0.15, 0.2) is 5.82 Å². The van der Waals surface area contributed by atoms with E-state index >= 15 is 0 Å². The van der Waals surface area contributed by atoms with Crippen molar-refractivity contribution in [2.45, 2.75) is 33.1 Å². The molecule has 0 aliphatic rings. The predicted octanol–water partition coefficient (Wildman–Crippen LogP) is 4.17. The molecule has 0 spiro atoms. The molecule has 0 unspecified atom stereocenters. The summed E-state index contributed by atoms with van der Waals surface area (Å²) in [5, 5.41) is 5.13. The van der Waals surface area contributed by atoms with Gasteiger partial charge in [-0.2, -0.15) is 5.10 Å². The molecule has 19 heavy (non-hydrogen) atoms. The fourth-order valence-electron chi connectivity index (χ4n) is 1.94. The molecule has 0 aliphatic heterocycles. The first-order valence-electron chi connectivity index (χ1n) is 6.28. The van der Waals surface area contributed by atoms with Gasteiger partial charge < -0.3 is 0 Å². The highest BCUT2D eigenvalue weighted by molar-refractivity contribution is 6.31. The molecule has 0 N–H and O–H groups in total. The van der Waals surface area contributed by atoms with E-state index in [0.29, 0.717) is 17.0 Å². The first kappa shape index (κ1) is 14.4. The zero-order valence-electron chi connectivity index (χ0n) is 11.3. The van der Waals surface area contributed by atoms with E-state index in [1.807, 2.05) is 19.1 Å². The second-order valence-corrected chi connectivity index (χ2v) is 5.68. The number of aromatic nitrogens is 3. The molecule has 0 bridgehead atoms. The van der Waals surface area contributed by atoms with E-state index in [4.69, 9.17) is 23.2 Å². The Labute approximate surface area is 123 Å². The molecular weight excluding hydrogens is 281 g/mol. The molecule has 5 heteroatoms. The maximum atomic E-state index is 6.38. The third-order valence-electron chi connectivity index (χ3n) is 2.86. The van der Waals surface area contributed by atoms with Gasteiger partial charge in [0.2, 0.25) is 0 Å². The summed E-state index contributed by atoms with van der Waals surface area (Å²) in [7, 11) is 0. The molecule has 0 atom stereocenters. The molecular formula is C14H17Cl2N3. The molecule has 0 radical (unpaired) electrons. The molecule has 2 rings (SSSR count). The summed E-state index contributed by atoms with van der Waals surface area (Å²) in [6.45, 7) is 6.31. The maximum absolute atomic E-state index is 6.38. The number of aryl methyl sites for hydroxylation is 1. The molecule has 0 aromatic carbocycles. The first-order valence-corrected chi connectivity index (χ1v) is 7.19. The van der Waals surface area contributed by atoms with Crippen LogP contribution in [-0.4, -0.2) is 14.8 Å². The fourth-order valence-corrected chi connectivity index (χ4v) is 2.59. The number of nitrogens with zero attached hydrogens (tertiary/aromatic N) is 3. The van der Waals surface area contributed by atoms with E-state index in [0.717, 1.165) is 29.1 Å². The van der Waals surface area contributed by atoms with Crippen molar-refractivity contribution in [1.29, 1.82) is 0 Å². The van der Waals surface area contributed by atoms with Gasteiger partial charge >= 0.3 is 0 Å². The van der Waals surface area contributed by atoms with Gasteiger partial charge in [-0.1, -0.05) is 25.4 Å². The van der Waals surface area contributed by atoms with Crippen LogP contribution in [0.25, 0.3) is 5.82 Å². The summed E-state index contributed by atoms with van der Waals surface area (Å²) in [5.41, 5.74) is 2.98. The van der Waals surface area contributed by atoms with Crippen molar-refractivity contribution in [1.82, 2.24) is 14.8 Å². The topological polar surface area (TPSA) is 30.7 Å². The predicted molar refractivity (Wildman–Crippen MR) is 79.2 cm³/mol. The molecule has 0 amide bonds. The van der Waals surface area contributed by atoms with Gasteiger partial charge in [0.1, 0.15) is 5.15 Å². The van der Waals surface area contributed by atoms with Crippen LogP contribution < -0.4 is 0 Å². The summed E-state index contributed by atoms with van der Waals surface area (Å²) < 4.78 is 1.67. The Bertz CT molecular complexity index is 576. The molecule has 2 heterocycles. The number of pyridine rings is 1. The maximum Gasteiger partial charge on any atom is 0.155 e. The average molecular weight is 298 g/mol. The molecule has 0 saturated heterocycles. The van der Waals surface area contributed by atoms with Gasteiger partial charge in [0, 0.05) is 11.8 Å². The average Bonchev–Trinajstić information content (AvgIpc) is 2.65. The van der Waals surface area contributed by atoms with Gasteiger partial charge in [-0.3, -0.25) is 0 Å². The van der Waals surface area contributed by atoms with Crippen LogP contribution in [0.3, 0.4) is 0 Å². The minimum atomic E-state index is 0.368. The van der Waals surface area contributed by atoms with Crippen LogP contribution in [0.4, 0.5) is 0 Å². The Morgan fingerprint density at radius 1 is 1.37 bits per heavy atom. The summed E-state index contributed by atoms with van der Waals surface area (Å²) in [5.74, 6) is 1.60. The highest BCUT2D eigenvalue weighted by Crippen LogP contribution is 2.26. The van der Waals surface area contributed by atoms with Crippen LogP contribution in [0, 0.1) is 12.8 Å². The van der Waals surface area contributed by atoms with E-state index < -0.39 is 0 Å². The van der Waals surface area contributed by atoms with Crippen molar-refractivity contribution in [3.05, 3.63) is 40.3 Å². The van der Waals surface area contributed by atoms with Gasteiger partial charge in [-0.05, 0) is 37.0 Å². The summed E-state index contributed by atoms with van der Waals surface area (Å²) in [4.78, 5) is 4.31. The second-order valence-electron chi connectivity index (χ2n) is 5.05. The standard InChI is InChI=1S/C14H17Cl2N3/c1-9(2)6-12-11(8-15)14(16)19(18-12)13-7-10(3)4-5-17-13/h4-5,7,9H,6,8H2,1-3H3. The molecule has 2 aromatic rings. The van der Waals surface area contributed by atoms with Gasteiger partial charge in [-0.25, -0.2) is 9.67 Å². The first-order chi connectivity index (χ1) is 9.02. The molecule has 0 aliphatic carbocycles. The third kappa shape index (κ3) is 3.10. The van der Waals surface area contributed by atoms with E-state index in [1.165, 1.54) is 0 Å². The van der Waals surface area contributed by atoms with Crippen molar-refractivity contribution in [3.8, 4) is 5.82 Å². The third-order valence-corrected chi connectivity index (χ3v) is 3.51. The van der Waals surface area contributed by atoms with Crippen LogP contribution in [-0.2, 0) is 12.3 Å². The van der Waals surface area contributed by atoms with E-state index in [-0.39, 0.29) is 0 Å². The fraction of sp³-hybridized carbons (Fsp3) is 0.429. The van der Waals surface area contributed by atoms with Crippen LogP contribution >= 0.6 is 23.2 Å². The quantitative estimate of drug-likeness (QED) is 0.793. The number of halogens is 2. The highest BCUT2D eigenvalue weighted by atomic mass is 35.5. The SMILES string of the molecule is Cc1ccnc(-n2nc(CC(C)C)c(CCl)c2Cl)c1. The van der Waals surface area contributed by atoms with Crippen LogP contribution in [0.15, 0.2) is 18.3 Å². The largest absolute Gasteiger partial charge is 0.237 e. The Balaban J connectivity index is 2.49. The van der Waals surface area contributed by atoms with E-state index in [9.17, 15) is 0 Å². The molecule has 2 aromatic heterocycles. The van der Waals surface area contributed by atoms with Crippen LogP contribution in [0.5, 0.6) is 0 Å². The van der Waals surface area contributed by atoms with E-state index in [1.54, 1.807) is 10.9 Å². The summed E-state index contributed by atoms with van der Waals surface area (Å²) in [6, 6.07) is 3.90. The summed E-state index contributed by atoms with van der Waals surface area (Å²) >= 11 is 12.4. The number of rotatable bonds is 4. The number of hydrogen-bond acceptors (Lipinski definition) is 2. The Morgan fingerprint density at radius 3 is 2.68 bits per heavy atom. The van der Waals surface area contributed by atoms with Crippen LogP contribution in [0.1, 0.15) is 30.7 Å². The minimum absolute atomic E-state index is 0.368. The van der Waals surface area contributed by atoms with Crippen molar-refractivity contribution in [2.75, 3.05) is 0 Å². The molecule has 0 fully saturated rings. The van der Waals surface area contributed by atoms with Crippen molar-refractivity contribution in [3.63, 3.8) is 0 Å².